The molecule has 0 aliphatic carbocycles. The first-order valence-electron chi connectivity index (χ1n) is 5.87. The Kier molecular flexibility index (Phi) is 3.60. The number of hydrogen-bond acceptors (Lipinski definition) is 4. The average molecular weight is 242 g/mol. The molecule has 0 saturated heterocycles. The monoisotopic (exact) mass is 242 g/mol. The Balaban J connectivity index is 2.52. The van der Waals surface area contributed by atoms with Crippen LogP contribution in [0.4, 0.5) is 5.82 Å². The summed E-state index contributed by atoms with van der Waals surface area (Å²) in [7, 11) is 0. The number of rotatable bonds is 3. The van der Waals surface area contributed by atoms with Crippen LogP contribution in [0.2, 0.25) is 0 Å². The van der Waals surface area contributed by atoms with Crippen molar-refractivity contribution in [3.05, 3.63) is 58.8 Å². The highest BCUT2D eigenvalue weighted by Crippen LogP contribution is 2.27. The van der Waals surface area contributed by atoms with Gasteiger partial charge in [0, 0.05) is 11.8 Å². The van der Waals surface area contributed by atoms with Gasteiger partial charge >= 0.3 is 0 Å². The fraction of sp³-hybridized carbons (Fsp3) is 0.214. The van der Waals surface area contributed by atoms with E-state index in [0.29, 0.717) is 5.82 Å². The topological polar surface area (TPSA) is 77.0 Å². The molecule has 1 heterocycles. The van der Waals surface area contributed by atoms with Gasteiger partial charge in [0.25, 0.3) is 0 Å². The summed E-state index contributed by atoms with van der Waals surface area (Å²) in [5.41, 5.74) is 13.0. The maximum absolute atomic E-state index is 5.95. The van der Waals surface area contributed by atoms with Gasteiger partial charge in [0.1, 0.15) is 5.82 Å². The maximum atomic E-state index is 5.95. The lowest BCUT2D eigenvalue weighted by Gasteiger charge is -2.20. The van der Waals surface area contributed by atoms with Gasteiger partial charge in [-0.3, -0.25) is 5.84 Å². The molecule has 0 bridgehead atoms. The summed E-state index contributed by atoms with van der Waals surface area (Å²) in [6.07, 6.45) is 1.75. The highest BCUT2D eigenvalue weighted by atomic mass is 15.2. The molecule has 1 aromatic carbocycles. The van der Waals surface area contributed by atoms with E-state index in [1.807, 2.05) is 31.2 Å². The van der Waals surface area contributed by atoms with Gasteiger partial charge in [-0.1, -0.05) is 24.3 Å². The molecule has 2 aromatic rings. The van der Waals surface area contributed by atoms with E-state index < -0.39 is 0 Å². The molecule has 0 fully saturated rings. The van der Waals surface area contributed by atoms with Crippen LogP contribution in [0.3, 0.4) is 0 Å². The van der Waals surface area contributed by atoms with Crippen LogP contribution in [-0.2, 0) is 0 Å². The third kappa shape index (κ3) is 2.34. The van der Waals surface area contributed by atoms with Crippen LogP contribution in [0, 0.1) is 13.8 Å². The van der Waals surface area contributed by atoms with E-state index in [1.54, 1.807) is 6.20 Å². The second-order valence-corrected chi connectivity index (χ2v) is 4.44. The zero-order chi connectivity index (χ0) is 13.1. The van der Waals surface area contributed by atoms with Crippen LogP contribution < -0.4 is 17.0 Å². The fourth-order valence-electron chi connectivity index (χ4n) is 2.09. The van der Waals surface area contributed by atoms with E-state index in [-0.39, 0.29) is 6.04 Å². The molecule has 4 heteroatoms. The number of pyridine rings is 1. The molecule has 4 nitrogen and oxygen atoms in total. The van der Waals surface area contributed by atoms with E-state index in [4.69, 9.17) is 11.6 Å². The highest BCUT2D eigenvalue weighted by Gasteiger charge is 2.17. The van der Waals surface area contributed by atoms with Crippen LogP contribution >= 0.6 is 0 Å². The van der Waals surface area contributed by atoms with E-state index in [1.165, 1.54) is 5.56 Å². The largest absolute Gasteiger partial charge is 0.383 e. The SMILES string of the molecule is Cc1cnc(N)c(C(NN)c2ccccc2C)c1. The predicted molar refractivity (Wildman–Crippen MR) is 73.7 cm³/mol. The number of nitrogen functional groups attached to an aromatic ring is 1. The third-order valence-corrected chi connectivity index (χ3v) is 3.06. The van der Waals surface area contributed by atoms with Gasteiger partial charge in [-0.15, -0.1) is 0 Å². The molecule has 94 valence electrons. The lowest BCUT2D eigenvalue weighted by molar-refractivity contribution is 0.633. The molecule has 5 N–H and O–H groups in total. The number of aromatic nitrogens is 1. The Labute approximate surface area is 107 Å². The number of anilines is 1. The number of benzene rings is 1. The Bertz CT molecular complexity index is 551. The summed E-state index contributed by atoms with van der Waals surface area (Å²) in [6, 6.07) is 9.97. The Morgan fingerprint density at radius 3 is 2.56 bits per heavy atom. The van der Waals surface area contributed by atoms with E-state index in [0.717, 1.165) is 16.7 Å². The standard InChI is InChI=1S/C14H18N4/c1-9-7-12(14(15)17-8-9)13(18-16)11-6-4-3-5-10(11)2/h3-8,13,18H,16H2,1-2H3,(H2,15,17). The summed E-state index contributed by atoms with van der Waals surface area (Å²) in [5, 5.41) is 0. The molecule has 0 aliphatic heterocycles. The van der Waals surface area contributed by atoms with Crippen LogP contribution in [0.25, 0.3) is 0 Å². The summed E-state index contributed by atoms with van der Waals surface area (Å²) in [4.78, 5) is 4.18. The Morgan fingerprint density at radius 2 is 1.89 bits per heavy atom. The van der Waals surface area contributed by atoms with Crippen molar-refractivity contribution >= 4 is 5.82 Å². The second-order valence-electron chi connectivity index (χ2n) is 4.44. The number of nitrogens with one attached hydrogen (secondary N) is 1. The van der Waals surface area contributed by atoms with Gasteiger partial charge in [0.2, 0.25) is 0 Å². The molecular formula is C14H18N4. The molecule has 0 amide bonds. The second kappa shape index (κ2) is 5.16. The zero-order valence-corrected chi connectivity index (χ0v) is 10.6. The molecule has 0 spiro atoms. The van der Waals surface area contributed by atoms with Crippen LogP contribution in [-0.4, -0.2) is 4.98 Å². The number of hydrogen-bond donors (Lipinski definition) is 3. The van der Waals surface area contributed by atoms with Crippen molar-refractivity contribution in [3.8, 4) is 0 Å². The van der Waals surface area contributed by atoms with Crippen molar-refractivity contribution in [3.63, 3.8) is 0 Å². The quantitative estimate of drug-likeness (QED) is 0.567. The van der Waals surface area contributed by atoms with Crippen molar-refractivity contribution in [1.29, 1.82) is 0 Å². The van der Waals surface area contributed by atoms with Crippen molar-refractivity contribution in [1.82, 2.24) is 10.4 Å². The molecule has 0 radical (unpaired) electrons. The van der Waals surface area contributed by atoms with Crippen molar-refractivity contribution in [2.45, 2.75) is 19.9 Å². The zero-order valence-electron chi connectivity index (χ0n) is 10.6. The minimum absolute atomic E-state index is 0.140. The molecule has 1 unspecified atom stereocenters. The molecular weight excluding hydrogens is 224 g/mol. The minimum Gasteiger partial charge on any atom is -0.383 e. The van der Waals surface area contributed by atoms with Gasteiger partial charge < -0.3 is 5.73 Å². The number of nitrogens with two attached hydrogens (primary N) is 2. The maximum Gasteiger partial charge on any atom is 0.128 e. The smallest absolute Gasteiger partial charge is 0.128 e. The number of nitrogens with zero attached hydrogens (tertiary/aromatic N) is 1. The first-order chi connectivity index (χ1) is 8.63. The summed E-state index contributed by atoms with van der Waals surface area (Å²) in [6.45, 7) is 4.04. The number of hydrazine groups is 1. The molecule has 0 aliphatic rings. The average Bonchev–Trinajstić information content (AvgIpc) is 2.36. The molecule has 0 saturated carbocycles. The molecule has 2 rings (SSSR count). The summed E-state index contributed by atoms with van der Waals surface area (Å²) >= 11 is 0. The van der Waals surface area contributed by atoms with Gasteiger partial charge in [-0.2, -0.15) is 0 Å². The first-order valence-corrected chi connectivity index (χ1v) is 5.87. The Hall–Kier alpha value is -1.91. The van der Waals surface area contributed by atoms with Crippen molar-refractivity contribution < 1.29 is 0 Å². The molecule has 18 heavy (non-hydrogen) atoms. The molecule has 1 atom stereocenters. The predicted octanol–water partition coefficient (Wildman–Crippen LogP) is 1.83. The van der Waals surface area contributed by atoms with Gasteiger partial charge in [0.05, 0.1) is 6.04 Å². The van der Waals surface area contributed by atoms with E-state index in [9.17, 15) is 0 Å². The lowest BCUT2D eigenvalue weighted by atomic mass is 9.95. The van der Waals surface area contributed by atoms with Crippen molar-refractivity contribution in [2.75, 3.05) is 5.73 Å². The van der Waals surface area contributed by atoms with Crippen molar-refractivity contribution in [2.24, 2.45) is 5.84 Å². The normalized spacial score (nSPS) is 12.4. The lowest BCUT2D eigenvalue weighted by Crippen LogP contribution is -2.30. The fourth-order valence-corrected chi connectivity index (χ4v) is 2.09. The van der Waals surface area contributed by atoms with Crippen LogP contribution in [0.15, 0.2) is 36.5 Å². The van der Waals surface area contributed by atoms with E-state index in [2.05, 4.69) is 23.4 Å². The summed E-state index contributed by atoms with van der Waals surface area (Å²) < 4.78 is 0. The highest BCUT2D eigenvalue weighted by molar-refractivity contribution is 5.48. The van der Waals surface area contributed by atoms with Crippen LogP contribution in [0.1, 0.15) is 28.3 Å². The summed E-state index contributed by atoms with van der Waals surface area (Å²) in [5.74, 6) is 6.20. The first kappa shape index (κ1) is 12.5. The van der Waals surface area contributed by atoms with E-state index >= 15 is 0 Å². The van der Waals surface area contributed by atoms with Crippen LogP contribution in [0.5, 0.6) is 0 Å². The van der Waals surface area contributed by atoms with Gasteiger partial charge in [0.15, 0.2) is 0 Å². The van der Waals surface area contributed by atoms with Gasteiger partial charge in [-0.05, 0) is 36.6 Å². The third-order valence-electron chi connectivity index (χ3n) is 3.06. The minimum atomic E-state index is -0.140. The Morgan fingerprint density at radius 1 is 1.17 bits per heavy atom. The van der Waals surface area contributed by atoms with Gasteiger partial charge in [-0.25, -0.2) is 10.4 Å². The number of aryl methyl sites for hydroxylation is 2. The molecule has 1 aromatic heterocycles.